The maximum atomic E-state index is 13.9. The van der Waals surface area contributed by atoms with Gasteiger partial charge >= 0.3 is 5.97 Å². The lowest BCUT2D eigenvalue weighted by Gasteiger charge is -2.09. The summed E-state index contributed by atoms with van der Waals surface area (Å²) in [6.07, 6.45) is 1.71. The Morgan fingerprint density at radius 2 is 1.79 bits per heavy atom. The summed E-state index contributed by atoms with van der Waals surface area (Å²) in [6.45, 7) is 1.91. The summed E-state index contributed by atoms with van der Waals surface area (Å²) < 4.78 is 19.3. The molecule has 4 rings (SSSR count). The number of carbonyl (C=O) groups is 2. The van der Waals surface area contributed by atoms with Gasteiger partial charge in [-0.2, -0.15) is 0 Å². The number of hydrogen-bond donors (Lipinski definition) is 0. The Morgan fingerprint density at radius 1 is 1.04 bits per heavy atom. The van der Waals surface area contributed by atoms with Crippen molar-refractivity contribution >= 4 is 29.6 Å². The number of carbonyl (C=O) groups excluding carboxylic acids is 2. The molecule has 0 aromatic heterocycles. The van der Waals surface area contributed by atoms with Gasteiger partial charge in [0.15, 0.2) is 0 Å². The van der Waals surface area contributed by atoms with Crippen molar-refractivity contribution in [2.24, 2.45) is 0 Å². The van der Waals surface area contributed by atoms with Gasteiger partial charge in [-0.25, -0.2) is 9.18 Å². The SMILES string of the molecule is Cc1ccc(OC(=O)c2ccccc2F)c(C=C2Sc3ccccc3C2=O)c1. The zero-order valence-corrected chi connectivity index (χ0v) is 15.8. The first kappa shape index (κ1) is 18.2. The summed E-state index contributed by atoms with van der Waals surface area (Å²) in [5, 5.41) is 0. The number of esters is 1. The van der Waals surface area contributed by atoms with Gasteiger partial charge in [-0.05, 0) is 49.4 Å². The van der Waals surface area contributed by atoms with E-state index < -0.39 is 11.8 Å². The van der Waals surface area contributed by atoms with Crippen LogP contribution in [0, 0.1) is 12.7 Å². The fourth-order valence-electron chi connectivity index (χ4n) is 2.93. The maximum absolute atomic E-state index is 13.9. The highest BCUT2D eigenvalue weighted by Crippen LogP contribution is 2.41. The molecule has 0 atom stereocenters. The van der Waals surface area contributed by atoms with E-state index in [1.807, 2.05) is 31.2 Å². The normalized spacial score (nSPS) is 14.2. The van der Waals surface area contributed by atoms with Gasteiger partial charge in [0.2, 0.25) is 5.78 Å². The lowest BCUT2D eigenvalue weighted by molar-refractivity contribution is 0.0729. The van der Waals surface area contributed by atoms with E-state index in [0.29, 0.717) is 16.0 Å². The van der Waals surface area contributed by atoms with Crippen molar-refractivity contribution in [2.45, 2.75) is 11.8 Å². The average molecular weight is 390 g/mol. The summed E-state index contributed by atoms with van der Waals surface area (Å²) in [7, 11) is 0. The molecule has 5 heteroatoms. The summed E-state index contributed by atoms with van der Waals surface area (Å²) in [6, 6.07) is 18.3. The number of aryl methyl sites for hydroxylation is 1. The molecule has 1 aliphatic heterocycles. The molecule has 0 saturated carbocycles. The molecule has 28 heavy (non-hydrogen) atoms. The first-order valence-corrected chi connectivity index (χ1v) is 9.45. The van der Waals surface area contributed by atoms with Gasteiger partial charge in [-0.15, -0.1) is 0 Å². The molecule has 1 aliphatic rings. The van der Waals surface area contributed by atoms with Crippen LogP contribution in [0.2, 0.25) is 0 Å². The standard InChI is InChI=1S/C23H15FO3S/c1-14-10-11-19(27-23(26)16-6-2-4-8-18(16)24)15(12-14)13-21-22(25)17-7-3-5-9-20(17)28-21/h2-13H,1H3. The highest BCUT2D eigenvalue weighted by atomic mass is 32.2. The Kier molecular flexibility index (Phi) is 4.84. The second kappa shape index (κ2) is 7.44. The van der Waals surface area contributed by atoms with E-state index in [9.17, 15) is 14.0 Å². The number of allylic oxidation sites excluding steroid dienone is 1. The van der Waals surface area contributed by atoms with Crippen LogP contribution >= 0.6 is 11.8 Å². The van der Waals surface area contributed by atoms with Crippen molar-refractivity contribution in [3.63, 3.8) is 0 Å². The van der Waals surface area contributed by atoms with E-state index in [0.717, 1.165) is 10.5 Å². The Balaban J connectivity index is 1.68. The predicted octanol–water partition coefficient (Wildman–Crippen LogP) is 5.68. The summed E-state index contributed by atoms with van der Waals surface area (Å²) in [4.78, 5) is 26.5. The number of rotatable bonds is 3. The van der Waals surface area contributed by atoms with Crippen molar-refractivity contribution in [2.75, 3.05) is 0 Å². The molecule has 0 saturated heterocycles. The lowest BCUT2D eigenvalue weighted by atomic mass is 10.1. The smallest absolute Gasteiger partial charge is 0.346 e. The van der Waals surface area contributed by atoms with E-state index in [1.165, 1.54) is 30.0 Å². The van der Waals surface area contributed by atoms with Crippen molar-refractivity contribution in [3.05, 3.63) is 99.7 Å². The van der Waals surface area contributed by atoms with Crippen molar-refractivity contribution < 1.29 is 18.7 Å². The minimum absolute atomic E-state index is 0.0616. The molecule has 0 bridgehead atoms. The van der Waals surface area contributed by atoms with E-state index in [2.05, 4.69) is 0 Å². The Labute approximate surface area is 165 Å². The van der Waals surface area contributed by atoms with Gasteiger partial charge in [0.05, 0.1) is 10.5 Å². The van der Waals surface area contributed by atoms with Crippen LogP contribution in [0.4, 0.5) is 4.39 Å². The van der Waals surface area contributed by atoms with Gasteiger partial charge in [0, 0.05) is 16.0 Å². The third-order valence-corrected chi connectivity index (χ3v) is 5.42. The Morgan fingerprint density at radius 3 is 2.57 bits per heavy atom. The number of ether oxygens (including phenoxy) is 1. The maximum Gasteiger partial charge on any atom is 0.346 e. The van der Waals surface area contributed by atoms with Crippen LogP contribution in [0.5, 0.6) is 5.75 Å². The molecule has 138 valence electrons. The molecule has 0 spiro atoms. The molecular weight excluding hydrogens is 375 g/mol. The number of ketones is 1. The van der Waals surface area contributed by atoms with Crippen LogP contribution in [-0.4, -0.2) is 11.8 Å². The number of thioether (sulfide) groups is 1. The topological polar surface area (TPSA) is 43.4 Å². The average Bonchev–Trinajstić information content (AvgIpc) is 3.00. The summed E-state index contributed by atoms with van der Waals surface area (Å²) >= 11 is 1.38. The van der Waals surface area contributed by atoms with Crippen LogP contribution < -0.4 is 4.74 Å². The molecule has 0 fully saturated rings. The fourth-order valence-corrected chi connectivity index (χ4v) is 3.98. The number of halogens is 1. The number of hydrogen-bond acceptors (Lipinski definition) is 4. The van der Waals surface area contributed by atoms with E-state index in [1.54, 1.807) is 30.3 Å². The van der Waals surface area contributed by atoms with Crippen molar-refractivity contribution in [1.82, 2.24) is 0 Å². The lowest BCUT2D eigenvalue weighted by Crippen LogP contribution is -2.11. The molecule has 3 aromatic rings. The van der Waals surface area contributed by atoms with Gasteiger partial charge < -0.3 is 4.74 Å². The van der Waals surface area contributed by atoms with Crippen LogP contribution in [0.25, 0.3) is 6.08 Å². The first-order valence-electron chi connectivity index (χ1n) is 8.63. The van der Waals surface area contributed by atoms with Crippen LogP contribution in [-0.2, 0) is 0 Å². The molecule has 0 amide bonds. The molecule has 1 heterocycles. The fraction of sp³-hybridized carbons (Fsp3) is 0.0435. The molecule has 3 nitrogen and oxygen atoms in total. The second-order valence-corrected chi connectivity index (χ2v) is 7.43. The molecule has 0 radical (unpaired) electrons. The summed E-state index contributed by atoms with van der Waals surface area (Å²) in [5.41, 5.74) is 2.07. The third-order valence-electron chi connectivity index (χ3n) is 4.32. The van der Waals surface area contributed by atoms with E-state index >= 15 is 0 Å². The monoisotopic (exact) mass is 390 g/mol. The third kappa shape index (κ3) is 3.49. The highest BCUT2D eigenvalue weighted by molar-refractivity contribution is 8.04. The number of benzene rings is 3. The predicted molar refractivity (Wildman–Crippen MR) is 107 cm³/mol. The first-order chi connectivity index (χ1) is 13.5. The van der Waals surface area contributed by atoms with Gasteiger partial charge in [0.1, 0.15) is 11.6 Å². The Bertz CT molecular complexity index is 1130. The molecular formula is C23H15FO3S. The van der Waals surface area contributed by atoms with E-state index in [4.69, 9.17) is 4.74 Å². The van der Waals surface area contributed by atoms with Crippen LogP contribution in [0.3, 0.4) is 0 Å². The van der Waals surface area contributed by atoms with Gasteiger partial charge in [-0.3, -0.25) is 4.79 Å². The van der Waals surface area contributed by atoms with E-state index in [-0.39, 0.29) is 17.1 Å². The summed E-state index contributed by atoms with van der Waals surface area (Å²) in [5.74, 6) is -1.21. The Hall–Kier alpha value is -3.18. The zero-order valence-electron chi connectivity index (χ0n) is 14.9. The minimum atomic E-state index is -0.782. The molecule has 0 N–H and O–H groups in total. The molecule has 0 unspecified atom stereocenters. The van der Waals surface area contributed by atoms with Crippen molar-refractivity contribution in [1.29, 1.82) is 0 Å². The quantitative estimate of drug-likeness (QED) is 0.328. The second-order valence-electron chi connectivity index (χ2n) is 6.35. The molecule has 0 aliphatic carbocycles. The van der Waals surface area contributed by atoms with Crippen LogP contribution in [0.1, 0.15) is 31.8 Å². The largest absolute Gasteiger partial charge is 0.422 e. The van der Waals surface area contributed by atoms with Gasteiger partial charge in [-0.1, -0.05) is 47.7 Å². The van der Waals surface area contributed by atoms with Gasteiger partial charge in [0.25, 0.3) is 0 Å². The van der Waals surface area contributed by atoms with Crippen LogP contribution in [0.15, 0.2) is 76.5 Å². The number of fused-ring (bicyclic) bond motifs is 1. The highest BCUT2D eigenvalue weighted by Gasteiger charge is 2.26. The number of Topliss-reactive ketones (excluding diaryl/α,β-unsaturated/α-hetero) is 1. The zero-order chi connectivity index (χ0) is 19.7. The molecule has 3 aromatic carbocycles. The minimum Gasteiger partial charge on any atom is -0.422 e. The van der Waals surface area contributed by atoms with Crippen molar-refractivity contribution in [3.8, 4) is 5.75 Å².